The standard InChI is InChI=1S/C15H14ClFN2O/c1-9-13(17)6-11(7-14(9)18)15(20)19-8-10-3-2-4-12(16)5-10/h2-7H,8,18H2,1H3,(H,19,20). The number of amides is 1. The van der Waals surface area contributed by atoms with Gasteiger partial charge in [0, 0.05) is 28.4 Å². The number of hydrogen-bond donors (Lipinski definition) is 2. The van der Waals surface area contributed by atoms with Crippen LogP contribution in [0, 0.1) is 12.7 Å². The van der Waals surface area contributed by atoms with Crippen LogP contribution in [-0.4, -0.2) is 5.91 Å². The van der Waals surface area contributed by atoms with Crippen molar-refractivity contribution < 1.29 is 9.18 Å². The highest BCUT2D eigenvalue weighted by molar-refractivity contribution is 6.30. The van der Waals surface area contributed by atoms with E-state index in [1.165, 1.54) is 12.1 Å². The van der Waals surface area contributed by atoms with Crippen molar-refractivity contribution in [1.29, 1.82) is 0 Å². The zero-order chi connectivity index (χ0) is 14.7. The minimum Gasteiger partial charge on any atom is -0.398 e. The Labute approximate surface area is 121 Å². The van der Waals surface area contributed by atoms with Crippen molar-refractivity contribution >= 4 is 23.2 Å². The molecule has 0 aliphatic rings. The smallest absolute Gasteiger partial charge is 0.251 e. The number of nitrogen functional groups attached to an aromatic ring is 1. The fourth-order valence-corrected chi connectivity index (χ4v) is 1.98. The lowest BCUT2D eigenvalue weighted by atomic mass is 10.1. The zero-order valence-electron chi connectivity index (χ0n) is 10.9. The van der Waals surface area contributed by atoms with Crippen LogP contribution in [0.25, 0.3) is 0 Å². The number of benzene rings is 2. The molecule has 0 bridgehead atoms. The van der Waals surface area contributed by atoms with Crippen molar-refractivity contribution in [2.75, 3.05) is 5.73 Å². The average Bonchev–Trinajstić information content (AvgIpc) is 2.41. The van der Waals surface area contributed by atoms with Gasteiger partial charge in [0.25, 0.3) is 5.91 Å². The molecule has 0 aliphatic carbocycles. The van der Waals surface area contributed by atoms with Crippen molar-refractivity contribution in [2.24, 2.45) is 0 Å². The van der Waals surface area contributed by atoms with Crippen molar-refractivity contribution in [3.05, 3.63) is 63.9 Å². The summed E-state index contributed by atoms with van der Waals surface area (Å²) in [5.41, 5.74) is 7.32. The van der Waals surface area contributed by atoms with Crippen molar-refractivity contribution in [2.45, 2.75) is 13.5 Å². The fraction of sp³-hybridized carbons (Fsp3) is 0.133. The molecule has 2 aromatic carbocycles. The molecular weight excluding hydrogens is 279 g/mol. The monoisotopic (exact) mass is 292 g/mol. The van der Waals surface area contributed by atoms with E-state index in [1.54, 1.807) is 25.1 Å². The second kappa shape index (κ2) is 5.92. The van der Waals surface area contributed by atoms with Crippen LogP contribution in [0.5, 0.6) is 0 Å². The molecule has 0 unspecified atom stereocenters. The van der Waals surface area contributed by atoms with E-state index < -0.39 is 5.82 Å². The molecule has 104 valence electrons. The van der Waals surface area contributed by atoms with Crippen molar-refractivity contribution in [3.63, 3.8) is 0 Å². The molecule has 3 nitrogen and oxygen atoms in total. The van der Waals surface area contributed by atoms with Gasteiger partial charge in [-0.15, -0.1) is 0 Å². The van der Waals surface area contributed by atoms with Gasteiger partial charge in [0.05, 0.1) is 0 Å². The Balaban J connectivity index is 2.09. The van der Waals surface area contributed by atoms with Crippen LogP contribution >= 0.6 is 11.6 Å². The highest BCUT2D eigenvalue weighted by Crippen LogP contribution is 2.17. The van der Waals surface area contributed by atoms with Gasteiger partial charge < -0.3 is 11.1 Å². The molecule has 3 N–H and O–H groups in total. The molecular formula is C15H14ClFN2O. The summed E-state index contributed by atoms with van der Waals surface area (Å²) in [7, 11) is 0. The third-order valence-corrected chi connectivity index (χ3v) is 3.22. The number of nitrogens with one attached hydrogen (secondary N) is 1. The van der Waals surface area contributed by atoms with Gasteiger partial charge in [-0.3, -0.25) is 4.79 Å². The summed E-state index contributed by atoms with van der Waals surface area (Å²) in [4.78, 5) is 12.0. The van der Waals surface area contributed by atoms with Crippen LogP contribution in [0.2, 0.25) is 5.02 Å². The number of anilines is 1. The topological polar surface area (TPSA) is 55.1 Å². The Morgan fingerprint density at radius 2 is 2.10 bits per heavy atom. The number of carbonyl (C=O) groups excluding carboxylic acids is 1. The third kappa shape index (κ3) is 3.27. The summed E-state index contributed by atoms with van der Waals surface area (Å²) in [5.74, 6) is -0.867. The lowest BCUT2D eigenvalue weighted by Gasteiger charge is -2.08. The first kappa shape index (κ1) is 14.3. The number of carbonyl (C=O) groups is 1. The highest BCUT2D eigenvalue weighted by Gasteiger charge is 2.10. The van der Waals surface area contributed by atoms with Crippen LogP contribution in [-0.2, 0) is 6.54 Å². The summed E-state index contributed by atoms with van der Waals surface area (Å²) in [6.45, 7) is 1.88. The quantitative estimate of drug-likeness (QED) is 0.853. The minimum absolute atomic E-state index is 0.202. The maximum absolute atomic E-state index is 13.5. The van der Waals surface area contributed by atoms with E-state index in [0.717, 1.165) is 5.56 Å². The molecule has 0 radical (unpaired) electrons. The van der Waals surface area contributed by atoms with E-state index in [1.807, 2.05) is 6.07 Å². The van der Waals surface area contributed by atoms with E-state index in [4.69, 9.17) is 17.3 Å². The first-order valence-corrected chi connectivity index (χ1v) is 6.43. The number of nitrogens with two attached hydrogens (primary N) is 1. The van der Waals surface area contributed by atoms with Crippen molar-refractivity contribution in [3.8, 4) is 0 Å². The molecule has 2 aromatic rings. The molecule has 0 spiro atoms. The predicted molar refractivity (Wildman–Crippen MR) is 78.2 cm³/mol. The molecule has 2 rings (SSSR count). The number of halogens is 2. The maximum Gasteiger partial charge on any atom is 0.251 e. The van der Waals surface area contributed by atoms with E-state index in [-0.39, 0.29) is 17.2 Å². The molecule has 0 aliphatic heterocycles. The minimum atomic E-state index is -0.488. The van der Waals surface area contributed by atoms with Gasteiger partial charge in [0.2, 0.25) is 0 Å². The van der Waals surface area contributed by atoms with E-state index >= 15 is 0 Å². The third-order valence-electron chi connectivity index (χ3n) is 2.99. The molecule has 0 saturated heterocycles. The summed E-state index contributed by atoms with van der Waals surface area (Å²) < 4.78 is 13.5. The van der Waals surface area contributed by atoms with Crippen LogP contribution < -0.4 is 11.1 Å². The molecule has 0 fully saturated rings. The van der Waals surface area contributed by atoms with Gasteiger partial charge in [0.15, 0.2) is 0 Å². The Hall–Kier alpha value is -2.07. The van der Waals surface area contributed by atoms with Gasteiger partial charge in [-0.2, -0.15) is 0 Å². The van der Waals surface area contributed by atoms with E-state index in [2.05, 4.69) is 5.32 Å². The lowest BCUT2D eigenvalue weighted by Crippen LogP contribution is -2.23. The van der Waals surface area contributed by atoms with Gasteiger partial charge in [-0.25, -0.2) is 4.39 Å². The van der Waals surface area contributed by atoms with Gasteiger partial charge in [0.1, 0.15) is 5.82 Å². The van der Waals surface area contributed by atoms with Gasteiger partial charge >= 0.3 is 0 Å². The van der Waals surface area contributed by atoms with Crippen LogP contribution in [0.1, 0.15) is 21.5 Å². The van der Waals surface area contributed by atoms with Crippen molar-refractivity contribution in [1.82, 2.24) is 5.32 Å². The summed E-state index contributed by atoms with van der Waals surface area (Å²) in [6.07, 6.45) is 0. The largest absolute Gasteiger partial charge is 0.398 e. The van der Waals surface area contributed by atoms with Crippen LogP contribution in [0.3, 0.4) is 0 Å². The number of hydrogen-bond acceptors (Lipinski definition) is 2. The molecule has 0 aromatic heterocycles. The molecule has 0 atom stereocenters. The summed E-state index contributed by atoms with van der Waals surface area (Å²) in [6, 6.07) is 9.79. The molecule has 20 heavy (non-hydrogen) atoms. The maximum atomic E-state index is 13.5. The SMILES string of the molecule is Cc1c(N)cc(C(=O)NCc2cccc(Cl)c2)cc1F. The molecule has 0 heterocycles. The highest BCUT2D eigenvalue weighted by atomic mass is 35.5. The summed E-state index contributed by atoms with van der Waals surface area (Å²) in [5, 5.41) is 3.30. The Kier molecular flexibility index (Phi) is 4.25. The second-order valence-corrected chi connectivity index (χ2v) is 4.92. The molecule has 0 saturated carbocycles. The zero-order valence-corrected chi connectivity index (χ0v) is 11.7. The van der Waals surface area contributed by atoms with Crippen LogP contribution in [0.15, 0.2) is 36.4 Å². The van der Waals surface area contributed by atoms with Gasteiger partial charge in [-0.1, -0.05) is 23.7 Å². The Bertz CT molecular complexity index is 635. The second-order valence-electron chi connectivity index (χ2n) is 4.48. The first-order valence-electron chi connectivity index (χ1n) is 6.05. The normalized spacial score (nSPS) is 10.3. The number of rotatable bonds is 3. The van der Waals surface area contributed by atoms with E-state index in [9.17, 15) is 9.18 Å². The fourth-order valence-electron chi connectivity index (χ4n) is 1.76. The first-order chi connectivity index (χ1) is 9.47. The summed E-state index contributed by atoms with van der Waals surface area (Å²) >= 11 is 5.86. The lowest BCUT2D eigenvalue weighted by molar-refractivity contribution is 0.0950. The van der Waals surface area contributed by atoms with Crippen LogP contribution in [0.4, 0.5) is 10.1 Å². The molecule has 1 amide bonds. The Morgan fingerprint density at radius 1 is 1.35 bits per heavy atom. The molecule has 5 heteroatoms. The van der Waals surface area contributed by atoms with Gasteiger partial charge in [-0.05, 0) is 36.8 Å². The van der Waals surface area contributed by atoms with E-state index in [0.29, 0.717) is 17.1 Å². The Morgan fingerprint density at radius 3 is 2.75 bits per heavy atom. The average molecular weight is 293 g/mol. The predicted octanol–water partition coefficient (Wildman–Crippen LogP) is 3.30.